The molecule has 0 aliphatic carbocycles. The number of pyridine rings is 1. The highest BCUT2D eigenvalue weighted by molar-refractivity contribution is 7.17. The van der Waals surface area contributed by atoms with Gasteiger partial charge in [-0.1, -0.05) is 19.1 Å². The van der Waals surface area contributed by atoms with E-state index >= 15 is 0 Å². The van der Waals surface area contributed by atoms with E-state index in [1.165, 1.54) is 10.1 Å². The average molecular weight is 395 g/mol. The summed E-state index contributed by atoms with van der Waals surface area (Å²) in [5, 5.41) is 6.21. The molecule has 4 rings (SSSR count). The minimum absolute atomic E-state index is 0.0372. The van der Waals surface area contributed by atoms with E-state index in [9.17, 15) is 4.79 Å². The minimum atomic E-state index is -0.0372. The van der Waals surface area contributed by atoms with Crippen molar-refractivity contribution in [1.82, 2.24) is 15.2 Å². The molecule has 1 aliphatic heterocycles. The van der Waals surface area contributed by atoms with Crippen LogP contribution in [-0.4, -0.2) is 55.1 Å². The van der Waals surface area contributed by atoms with Crippen molar-refractivity contribution in [3.8, 4) is 11.3 Å². The van der Waals surface area contributed by atoms with Crippen LogP contribution in [0.4, 0.5) is 5.82 Å². The molecular formula is C22H26N4OS. The minimum Gasteiger partial charge on any atom is -0.353 e. The summed E-state index contributed by atoms with van der Waals surface area (Å²) in [6.45, 7) is 10.1. The fourth-order valence-corrected chi connectivity index (χ4v) is 4.55. The van der Waals surface area contributed by atoms with Gasteiger partial charge >= 0.3 is 0 Å². The number of hydrogen-bond acceptors (Lipinski definition) is 5. The Kier molecular flexibility index (Phi) is 5.59. The van der Waals surface area contributed by atoms with Crippen LogP contribution < -0.4 is 10.2 Å². The number of aromatic nitrogens is 1. The zero-order chi connectivity index (χ0) is 19.5. The number of anilines is 1. The number of carbonyl (C=O) groups is 1. The monoisotopic (exact) mass is 394 g/mol. The molecule has 2 aromatic heterocycles. The molecule has 0 saturated carbocycles. The molecule has 1 amide bonds. The quantitative estimate of drug-likeness (QED) is 0.714. The maximum atomic E-state index is 12.0. The van der Waals surface area contributed by atoms with Gasteiger partial charge in [0.1, 0.15) is 5.82 Å². The van der Waals surface area contributed by atoms with Crippen LogP contribution in [0, 0.1) is 0 Å². The third-order valence-corrected chi connectivity index (χ3v) is 6.24. The maximum absolute atomic E-state index is 12.0. The van der Waals surface area contributed by atoms with Crippen LogP contribution in [-0.2, 0) is 0 Å². The summed E-state index contributed by atoms with van der Waals surface area (Å²) in [5.41, 5.74) is 2.67. The Morgan fingerprint density at radius 2 is 1.86 bits per heavy atom. The molecule has 3 aromatic rings. The van der Waals surface area contributed by atoms with E-state index in [1.807, 2.05) is 31.2 Å². The van der Waals surface area contributed by atoms with E-state index in [-0.39, 0.29) is 5.91 Å². The Hall–Kier alpha value is -2.44. The van der Waals surface area contributed by atoms with Gasteiger partial charge in [0.15, 0.2) is 0 Å². The normalized spacial score (nSPS) is 15.1. The zero-order valence-corrected chi connectivity index (χ0v) is 17.3. The summed E-state index contributed by atoms with van der Waals surface area (Å²) in [6, 6.07) is 12.0. The van der Waals surface area contributed by atoms with E-state index in [1.54, 1.807) is 11.3 Å². The molecular weight excluding hydrogens is 368 g/mol. The maximum Gasteiger partial charge on any atom is 0.251 e. The number of likely N-dealkylation sites (N-methyl/N-ethyl adjacent to an activating group) is 1. The molecule has 5 nitrogen and oxygen atoms in total. The van der Waals surface area contributed by atoms with E-state index < -0.39 is 0 Å². The topological polar surface area (TPSA) is 48.5 Å². The summed E-state index contributed by atoms with van der Waals surface area (Å²) in [5.74, 6) is 1.05. The smallest absolute Gasteiger partial charge is 0.251 e. The molecule has 1 N–H and O–H groups in total. The number of fused-ring (bicyclic) bond motifs is 1. The number of amides is 1. The Morgan fingerprint density at radius 3 is 2.54 bits per heavy atom. The molecule has 1 fully saturated rings. The predicted octanol–water partition coefficient (Wildman–Crippen LogP) is 3.85. The molecule has 0 radical (unpaired) electrons. The SMILES string of the molecule is CCNC(=O)c1ccc(-c2cc3ccsc3c(N3CCN(CC)CC3)n2)cc1. The summed E-state index contributed by atoms with van der Waals surface area (Å²) < 4.78 is 1.26. The third-order valence-electron chi connectivity index (χ3n) is 5.32. The lowest BCUT2D eigenvalue weighted by Crippen LogP contribution is -2.46. The van der Waals surface area contributed by atoms with Crippen molar-refractivity contribution >= 4 is 33.1 Å². The highest BCUT2D eigenvalue weighted by Gasteiger charge is 2.20. The largest absolute Gasteiger partial charge is 0.353 e. The summed E-state index contributed by atoms with van der Waals surface area (Å²) >= 11 is 1.76. The van der Waals surface area contributed by atoms with Gasteiger partial charge in [-0.3, -0.25) is 4.79 Å². The van der Waals surface area contributed by atoms with E-state index in [2.05, 4.69) is 39.6 Å². The van der Waals surface area contributed by atoms with Crippen molar-refractivity contribution in [2.24, 2.45) is 0 Å². The van der Waals surface area contributed by atoms with Gasteiger partial charge in [0.2, 0.25) is 0 Å². The highest BCUT2D eigenvalue weighted by Crippen LogP contribution is 2.34. The van der Waals surface area contributed by atoms with Crippen LogP contribution in [0.1, 0.15) is 24.2 Å². The van der Waals surface area contributed by atoms with Crippen molar-refractivity contribution in [1.29, 1.82) is 0 Å². The van der Waals surface area contributed by atoms with Crippen molar-refractivity contribution in [3.05, 3.63) is 47.3 Å². The fourth-order valence-electron chi connectivity index (χ4n) is 3.65. The number of rotatable bonds is 5. The Morgan fingerprint density at radius 1 is 1.11 bits per heavy atom. The van der Waals surface area contributed by atoms with Crippen LogP contribution in [0.3, 0.4) is 0 Å². The molecule has 0 bridgehead atoms. The standard InChI is InChI=1S/C22H26N4OS/c1-3-23-22(27)17-7-5-16(6-8-17)19-15-18-9-14-28-20(18)21(24-19)26-12-10-25(4-2)11-13-26/h5-9,14-15H,3-4,10-13H2,1-2H3,(H,23,27). The first-order valence-corrected chi connectivity index (χ1v) is 10.8. The molecule has 1 aliphatic rings. The van der Waals surface area contributed by atoms with Crippen LogP contribution in [0.15, 0.2) is 41.8 Å². The Bertz CT molecular complexity index is 958. The molecule has 0 spiro atoms. The van der Waals surface area contributed by atoms with E-state index in [4.69, 9.17) is 4.98 Å². The first kappa shape index (κ1) is 18.9. The van der Waals surface area contributed by atoms with E-state index in [0.29, 0.717) is 12.1 Å². The summed E-state index contributed by atoms with van der Waals surface area (Å²) in [7, 11) is 0. The first-order valence-electron chi connectivity index (χ1n) is 9.93. The molecule has 0 unspecified atom stereocenters. The van der Waals surface area contributed by atoms with Gasteiger partial charge in [0, 0.05) is 43.9 Å². The van der Waals surface area contributed by atoms with Crippen molar-refractivity contribution in [2.45, 2.75) is 13.8 Å². The van der Waals surface area contributed by atoms with Gasteiger partial charge in [-0.2, -0.15) is 0 Å². The zero-order valence-electron chi connectivity index (χ0n) is 16.4. The van der Waals surface area contributed by atoms with Gasteiger partial charge in [-0.05, 0) is 48.5 Å². The first-order chi connectivity index (χ1) is 13.7. The summed E-state index contributed by atoms with van der Waals surface area (Å²) in [6.07, 6.45) is 0. The Balaban J connectivity index is 1.66. The molecule has 28 heavy (non-hydrogen) atoms. The second-order valence-corrected chi connectivity index (χ2v) is 7.94. The second kappa shape index (κ2) is 8.29. The molecule has 3 heterocycles. The van der Waals surface area contributed by atoms with Gasteiger partial charge in [0.25, 0.3) is 5.91 Å². The lowest BCUT2D eigenvalue weighted by atomic mass is 10.1. The second-order valence-electron chi connectivity index (χ2n) is 7.03. The van der Waals surface area contributed by atoms with Crippen molar-refractivity contribution < 1.29 is 4.79 Å². The fraction of sp³-hybridized carbons (Fsp3) is 0.364. The van der Waals surface area contributed by atoms with E-state index in [0.717, 1.165) is 49.8 Å². The number of thiophene rings is 1. The van der Waals surface area contributed by atoms with Crippen LogP contribution >= 0.6 is 11.3 Å². The molecule has 146 valence electrons. The third kappa shape index (κ3) is 3.75. The van der Waals surface area contributed by atoms with Gasteiger partial charge in [-0.25, -0.2) is 4.98 Å². The number of benzene rings is 1. The predicted molar refractivity (Wildman–Crippen MR) is 117 cm³/mol. The Labute approximate surface area is 170 Å². The van der Waals surface area contributed by atoms with Gasteiger partial charge < -0.3 is 15.1 Å². The number of hydrogen-bond donors (Lipinski definition) is 1. The van der Waals surface area contributed by atoms with Crippen molar-refractivity contribution in [2.75, 3.05) is 44.2 Å². The lowest BCUT2D eigenvalue weighted by Gasteiger charge is -2.35. The van der Waals surface area contributed by atoms with Crippen LogP contribution in [0.25, 0.3) is 21.3 Å². The van der Waals surface area contributed by atoms with Gasteiger partial charge in [-0.15, -0.1) is 11.3 Å². The average Bonchev–Trinajstić information content (AvgIpc) is 3.22. The molecule has 1 saturated heterocycles. The highest BCUT2D eigenvalue weighted by atomic mass is 32.1. The van der Waals surface area contributed by atoms with Crippen LogP contribution in [0.5, 0.6) is 0 Å². The van der Waals surface area contributed by atoms with Crippen molar-refractivity contribution in [3.63, 3.8) is 0 Å². The summed E-state index contributed by atoms with van der Waals surface area (Å²) in [4.78, 5) is 21.9. The molecule has 6 heteroatoms. The molecule has 0 atom stereocenters. The number of nitrogens with zero attached hydrogens (tertiary/aromatic N) is 3. The number of nitrogens with one attached hydrogen (secondary N) is 1. The number of carbonyl (C=O) groups excluding carboxylic acids is 1. The number of piperazine rings is 1. The lowest BCUT2D eigenvalue weighted by molar-refractivity contribution is 0.0956. The van der Waals surface area contributed by atoms with Gasteiger partial charge in [0.05, 0.1) is 10.4 Å². The van der Waals surface area contributed by atoms with Crippen LogP contribution in [0.2, 0.25) is 0 Å². The molecule has 1 aromatic carbocycles.